The second-order valence-electron chi connectivity index (χ2n) is 6.17. The molecule has 1 heterocycles. The second-order valence-corrected chi connectivity index (χ2v) is 6.17. The highest BCUT2D eigenvalue weighted by molar-refractivity contribution is 6.06. The van der Waals surface area contributed by atoms with Gasteiger partial charge in [0.2, 0.25) is 0 Å². The van der Waals surface area contributed by atoms with Gasteiger partial charge in [-0.1, -0.05) is 25.5 Å². The standard InChI is InChI=1S/C15H22O3/c1-9(2)12-11(16)8-10(3)6-5-7-15(4)14(18-15)13(12)17/h6,9,12,14H,5,7-8H2,1-4H3/b10-6+/t12-,14+,15+/m1/s1. The number of carbonyl (C=O) groups excluding carboxylic acids is 2. The minimum absolute atomic E-state index is 0.00722. The molecule has 1 aliphatic heterocycles. The Kier molecular flexibility index (Phi) is 3.45. The quantitative estimate of drug-likeness (QED) is 0.408. The molecule has 1 aliphatic carbocycles. The topological polar surface area (TPSA) is 46.7 Å². The first kappa shape index (κ1) is 13.5. The van der Waals surface area contributed by atoms with Crippen molar-refractivity contribution in [3.05, 3.63) is 11.6 Å². The van der Waals surface area contributed by atoms with E-state index in [0.29, 0.717) is 6.42 Å². The zero-order chi connectivity index (χ0) is 13.5. The first-order valence-electron chi connectivity index (χ1n) is 6.75. The van der Waals surface area contributed by atoms with Crippen LogP contribution in [0, 0.1) is 11.8 Å². The van der Waals surface area contributed by atoms with Crippen molar-refractivity contribution in [2.24, 2.45) is 11.8 Å². The van der Waals surface area contributed by atoms with Crippen molar-refractivity contribution < 1.29 is 14.3 Å². The maximum Gasteiger partial charge on any atom is 0.175 e. The molecule has 2 aliphatic rings. The molecule has 0 aromatic carbocycles. The summed E-state index contributed by atoms with van der Waals surface area (Å²) in [6, 6.07) is 0. The average molecular weight is 250 g/mol. The lowest BCUT2D eigenvalue weighted by Gasteiger charge is -2.19. The van der Waals surface area contributed by atoms with Crippen LogP contribution in [0.15, 0.2) is 11.6 Å². The fraction of sp³-hybridized carbons (Fsp3) is 0.733. The Morgan fingerprint density at radius 2 is 2.06 bits per heavy atom. The van der Waals surface area contributed by atoms with Crippen molar-refractivity contribution in [1.29, 1.82) is 0 Å². The van der Waals surface area contributed by atoms with E-state index in [0.717, 1.165) is 18.4 Å². The van der Waals surface area contributed by atoms with Crippen molar-refractivity contribution in [2.45, 2.75) is 58.7 Å². The maximum atomic E-state index is 12.4. The van der Waals surface area contributed by atoms with E-state index in [1.54, 1.807) is 0 Å². The number of hydrogen-bond donors (Lipinski definition) is 0. The van der Waals surface area contributed by atoms with E-state index in [4.69, 9.17) is 4.74 Å². The third kappa shape index (κ3) is 2.41. The largest absolute Gasteiger partial charge is 0.358 e. The second kappa shape index (κ2) is 4.61. The predicted octanol–water partition coefficient (Wildman–Crippen LogP) is 2.68. The van der Waals surface area contributed by atoms with Crippen LogP contribution in [0.25, 0.3) is 0 Å². The van der Waals surface area contributed by atoms with Crippen molar-refractivity contribution in [3.63, 3.8) is 0 Å². The molecule has 0 amide bonds. The number of allylic oxidation sites excluding steroid dienone is 2. The van der Waals surface area contributed by atoms with Gasteiger partial charge in [-0.2, -0.15) is 0 Å². The van der Waals surface area contributed by atoms with Crippen LogP contribution in [0.3, 0.4) is 0 Å². The molecular weight excluding hydrogens is 228 g/mol. The number of ketones is 2. The highest BCUT2D eigenvalue weighted by Crippen LogP contribution is 2.43. The van der Waals surface area contributed by atoms with Crippen LogP contribution >= 0.6 is 0 Å². The lowest BCUT2D eigenvalue weighted by atomic mass is 9.80. The van der Waals surface area contributed by atoms with E-state index in [9.17, 15) is 9.59 Å². The summed E-state index contributed by atoms with van der Waals surface area (Å²) in [4.78, 5) is 24.6. The lowest BCUT2D eigenvalue weighted by molar-refractivity contribution is -0.135. The van der Waals surface area contributed by atoms with Gasteiger partial charge in [0.05, 0.1) is 5.92 Å². The molecule has 100 valence electrons. The first-order chi connectivity index (χ1) is 8.35. The Morgan fingerprint density at radius 3 is 2.67 bits per heavy atom. The summed E-state index contributed by atoms with van der Waals surface area (Å²) in [5.41, 5.74) is 0.736. The summed E-state index contributed by atoms with van der Waals surface area (Å²) < 4.78 is 5.58. The average Bonchev–Trinajstić information content (AvgIpc) is 2.89. The van der Waals surface area contributed by atoms with Gasteiger partial charge in [0, 0.05) is 6.42 Å². The van der Waals surface area contributed by atoms with E-state index < -0.39 is 5.92 Å². The molecule has 1 saturated heterocycles. The van der Waals surface area contributed by atoms with E-state index in [-0.39, 0.29) is 29.2 Å². The molecule has 2 rings (SSSR count). The third-order valence-corrected chi connectivity index (χ3v) is 4.05. The Balaban J connectivity index is 2.28. The van der Waals surface area contributed by atoms with Crippen LogP contribution in [-0.4, -0.2) is 23.3 Å². The highest BCUT2D eigenvalue weighted by atomic mass is 16.6. The van der Waals surface area contributed by atoms with E-state index >= 15 is 0 Å². The molecule has 3 heteroatoms. The smallest absolute Gasteiger partial charge is 0.175 e. The fourth-order valence-corrected chi connectivity index (χ4v) is 2.87. The van der Waals surface area contributed by atoms with E-state index in [1.165, 1.54) is 0 Å². The zero-order valence-electron chi connectivity index (χ0n) is 11.7. The molecule has 0 aromatic rings. The van der Waals surface area contributed by atoms with Crippen LogP contribution in [-0.2, 0) is 14.3 Å². The van der Waals surface area contributed by atoms with Crippen molar-refractivity contribution >= 4 is 11.6 Å². The molecule has 3 nitrogen and oxygen atoms in total. The molecule has 0 saturated carbocycles. The number of hydrogen-bond acceptors (Lipinski definition) is 3. The molecular formula is C15H22O3. The summed E-state index contributed by atoms with van der Waals surface area (Å²) in [7, 11) is 0. The van der Waals surface area contributed by atoms with Crippen LogP contribution < -0.4 is 0 Å². The fourth-order valence-electron chi connectivity index (χ4n) is 2.87. The van der Waals surface area contributed by atoms with Gasteiger partial charge in [-0.15, -0.1) is 0 Å². The number of ether oxygens (including phenoxy) is 1. The van der Waals surface area contributed by atoms with Gasteiger partial charge in [0.15, 0.2) is 5.78 Å². The van der Waals surface area contributed by atoms with E-state index in [2.05, 4.69) is 6.08 Å². The molecule has 3 atom stereocenters. The van der Waals surface area contributed by atoms with Gasteiger partial charge in [-0.05, 0) is 32.6 Å². The number of rotatable bonds is 1. The van der Waals surface area contributed by atoms with Crippen LogP contribution in [0.5, 0.6) is 0 Å². The van der Waals surface area contributed by atoms with Crippen LogP contribution in [0.4, 0.5) is 0 Å². The minimum atomic E-state index is -0.502. The molecule has 0 unspecified atom stereocenters. The number of epoxide rings is 1. The van der Waals surface area contributed by atoms with Gasteiger partial charge < -0.3 is 4.74 Å². The summed E-state index contributed by atoms with van der Waals surface area (Å²) in [6.45, 7) is 7.81. The van der Waals surface area contributed by atoms with Gasteiger partial charge in [0.25, 0.3) is 0 Å². The number of carbonyl (C=O) groups is 2. The third-order valence-electron chi connectivity index (χ3n) is 4.05. The Bertz CT molecular complexity index is 408. The highest BCUT2D eigenvalue weighted by Gasteiger charge is 2.58. The summed E-state index contributed by atoms with van der Waals surface area (Å²) in [5.74, 6) is -0.417. The van der Waals surface area contributed by atoms with Gasteiger partial charge in [-0.3, -0.25) is 9.59 Å². The SMILES string of the molecule is C/C1=C\CC[C@]2(C)O[C@H]2C(=O)[C@H](C(C)C)C(=O)C1. The van der Waals surface area contributed by atoms with Gasteiger partial charge in [0.1, 0.15) is 17.5 Å². The molecule has 18 heavy (non-hydrogen) atoms. The molecule has 1 fully saturated rings. The molecule has 0 N–H and O–H groups in total. The Morgan fingerprint density at radius 1 is 1.39 bits per heavy atom. The van der Waals surface area contributed by atoms with Gasteiger partial charge >= 0.3 is 0 Å². The summed E-state index contributed by atoms with van der Waals surface area (Å²) >= 11 is 0. The number of fused-ring (bicyclic) bond motifs is 1. The molecule has 0 radical (unpaired) electrons. The van der Waals surface area contributed by atoms with Crippen molar-refractivity contribution in [3.8, 4) is 0 Å². The van der Waals surface area contributed by atoms with E-state index in [1.807, 2.05) is 27.7 Å². The Labute approximate surface area is 109 Å². The number of Topliss-reactive ketones (excluding diaryl/α,β-unsaturated/α-hetero) is 2. The van der Waals surface area contributed by atoms with Crippen LogP contribution in [0.2, 0.25) is 0 Å². The first-order valence-corrected chi connectivity index (χ1v) is 6.75. The van der Waals surface area contributed by atoms with Crippen LogP contribution in [0.1, 0.15) is 47.0 Å². The molecule has 0 spiro atoms. The van der Waals surface area contributed by atoms with Crippen molar-refractivity contribution in [2.75, 3.05) is 0 Å². The maximum absolute atomic E-state index is 12.4. The molecule has 0 bridgehead atoms. The van der Waals surface area contributed by atoms with Crippen molar-refractivity contribution in [1.82, 2.24) is 0 Å². The normalized spacial score (nSPS) is 40.2. The zero-order valence-corrected chi connectivity index (χ0v) is 11.7. The monoisotopic (exact) mass is 250 g/mol. The van der Waals surface area contributed by atoms with Gasteiger partial charge in [-0.25, -0.2) is 0 Å². The predicted molar refractivity (Wildman–Crippen MR) is 69.2 cm³/mol. The Hall–Kier alpha value is -0.960. The lowest BCUT2D eigenvalue weighted by Crippen LogP contribution is -2.34. The summed E-state index contributed by atoms with van der Waals surface area (Å²) in [5, 5.41) is 0. The minimum Gasteiger partial charge on any atom is -0.358 e. The molecule has 0 aromatic heterocycles. The summed E-state index contributed by atoms with van der Waals surface area (Å²) in [6.07, 6.45) is 3.89.